The van der Waals surface area contributed by atoms with Gasteiger partial charge < -0.3 is 10.1 Å². The number of rotatable bonds is 8. The van der Waals surface area contributed by atoms with Gasteiger partial charge in [0.25, 0.3) is 0 Å². The van der Waals surface area contributed by atoms with Gasteiger partial charge in [0.15, 0.2) is 0 Å². The zero-order valence-electron chi connectivity index (χ0n) is 8.79. The molecule has 1 rings (SSSR count). The second kappa shape index (κ2) is 8.65. The van der Waals surface area contributed by atoms with Gasteiger partial charge in [-0.1, -0.05) is 0 Å². The van der Waals surface area contributed by atoms with Crippen LogP contribution in [0, 0.1) is 0 Å². The minimum Gasteiger partial charge on any atom is -0.380 e. The van der Waals surface area contributed by atoms with Crippen LogP contribution in [0.3, 0.4) is 0 Å². The Balaban J connectivity index is 1.93. The third-order valence-corrected chi connectivity index (χ3v) is 2.10. The van der Waals surface area contributed by atoms with Crippen LogP contribution in [0.5, 0.6) is 0 Å². The van der Waals surface area contributed by atoms with Crippen LogP contribution >= 0.6 is 11.6 Å². The number of hydrogen-bond donors (Lipinski definition) is 1. The van der Waals surface area contributed by atoms with E-state index < -0.39 is 0 Å². The van der Waals surface area contributed by atoms with E-state index in [0.717, 1.165) is 26.1 Å². The summed E-state index contributed by atoms with van der Waals surface area (Å²) >= 11 is 5.48. The first-order valence-corrected chi connectivity index (χ1v) is 5.70. The van der Waals surface area contributed by atoms with Crippen molar-refractivity contribution in [2.24, 2.45) is 0 Å². The average molecular weight is 229 g/mol. The molecule has 0 amide bonds. The molecule has 0 saturated carbocycles. The molecule has 0 atom stereocenters. The van der Waals surface area contributed by atoms with Crippen LogP contribution < -0.4 is 5.32 Å². The molecule has 1 heterocycles. The first-order valence-electron chi connectivity index (χ1n) is 5.17. The van der Waals surface area contributed by atoms with Crippen molar-refractivity contribution in [1.82, 2.24) is 10.3 Å². The van der Waals surface area contributed by atoms with Crippen molar-refractivity contribution in [1.29, 1.82) is 0 Å². The van der Waals surface area contributed by atoms with E-state index in [2.05, 4.69) is 10.3 Å². The van der Waals surface area contributed by atoms with Crippen molar-refractivity contribution in [2.45, 2.75) is 13.0 Å². The SMILES string of the molecule is ClCCOCCCNCc1ccncc1. The summed E-state index contributed by atoms with van der Waals surface area (Å²) in [6.07, 6.45) is 4.63. The van der Waals surface area contributed by atoms with Gasteiger partial charge in [-0.2, -0.15) is 0 Å². The van der Waals surface area contributed by atoms with Gasteiger partial charge in [0, 0.05) is 31.4 Å². The minimum absolute atomic E-state index is 0.574. The van der Waals surface area contributed by atoms with Crippen molar-refractivity contribution in [3.05, 3.63) is 30.1 Å². The lowest BCUT2D eigenvalue weighted by Crippen LogP contribution is -2.16. The maximum Gasteiger partial charge on any atom is 0.0601 e. The fourth-order valence-corrected chi connectivity index (χ4v) is 1.30. The van der Waals surface area contributed by atoms with E-state index in [1.54, 1.807) is 12.4 Å². The second-order valence-electron chi connectivity index (χ2n) is 3.19. The van der Waals surface area contributed by atoms with Crippen molar-refractivity contribution < 1.29 is 4.74 Å². The molecule has 3 nitrogen and oxygen atoms in total. The van der Waals surface area contributed by atoms with Crippen LogP contribution in [0.1, 0.15) is 12.0 Å². The van der Waals surface area contributed by atoms with Gasteiger partial charge in [0.05, 0.1) is 6.61 Å². The molecule has 84 valence electrons. The first-order chi connectivity index (χ1) is 7.43. The number of ether oxygens (including phenoxy) is 1. The Morgan fingerprint density at radius 1 is 1.27 bits per heavy atom. The van der Waals surface area contributed by atoms with Crippen molar-refractivity contribution in [3.8, 4) is 0 Å². The molecule has 0 fully saturated rings. The number of halogens is 1. The molecule has 0 aromatic carbocycles. The molecule has 0 aliphatic heterocycles. The molecular weight excluding hydrogens is 212 g/mol. The van der Waals surface area contributed by atoms with E-state index >= 15 is 0 Å². The zero-order valence-corrected chi connectivity index (χ0v) is 9.54. The van der Waals surface area contributed by atoms with E-state index in [-0.39, 0.29) is 0 Å². The van der Waals surface area contributed by atoms with Gasteiger partial charge in [0.2, 0.25) is 0 Å². The molecule has 1 aromatic rings. The summed E-state index contributed by atoms with van der Waals surface area (Å²) in [5.74, 6) is 0.574. The average Bonchev–Trinajstić information content (AvgIpc) is 2.29. The molecule has 0 aliphatic rings. The summed E-state index contributed by atoms with van der Waals surface area (Å²) in [5, 5.41) is 3.34. The molecule has 4 heteroatoms. The van der Waals surface area contributed by atoms with Gasteiger partial charge in [-0.3, -0.25) is 4.98 Å². The molecule has 0 radical (unpaired) electrons. The fraction of sp³-hybridized carbons (Fsp3) is 0.545. The van der Waals surface area contributed by atoms with Crippen molar-refractivity contribution in [2.75, 3.05) is 25.6 Å². The molecule has 15 heavy (non-hydrogen) atoms. The molecule has 0 saturated heterocycles. The van der Waals surface area contributed by atoms with E-state index in [4.69, 9.17) is 16.3 Å². The summed E-state index contributed by atoms with van der Waals surface area (Å²) in [6.45, 7) is 3.27. The Labute approximate surface area is 95.8 Å². The lowest BCUT2D eigenvalue weighted by molar-refractivity contribution is 0.146. The quantitative estimate of drug-likeness (QED) is 0.545. The maximum atomic E-state index is 5.48. The number of aromatic nitrogens is 1. The molecule has 0 bridgehead atoms. The topological polar surface area (TPSA) is 34.1 Å². The van der Waals surface area contributed by atoms with Crippen LogP contribution in [-0.4, -0.2) is 30.6 Å². The largest absolute Gasteiger partial charge is 0.380 e. The Kier molecular flexibility index (Phi) is 7.17. The van der Waals surface area contributed by atoms with Crippen LogP contribution in [0.4, 0.5) is 0 Å². The highest BCUT2D eigenvalue weighted by Crippen LogP contribution is 1.94. The first kappa shape index (κ1) is 12.4. The van der Waals surface area contributed by atoms with E-state index in [1.165, 1.54) is 5.56 Å². The van der Waals surface area contributed by atoms with Crippen molar-refractivity contribution in [3.63, 3.8) is 0 Å². The predicted octanol–water partition coefficient (Wildman–Crippen LogP) is 1.82. The zero-order chi connectivity index (χ0) is 10.8. The molecule has 1 aromatic heterocycles. The van der Waals surface area contributed by atoms with Gasteiger partial charge in [-0.05, 0) is 30.7 Å². The summed E-state index contributed by atoms with van der Waals surface area (Å²) in [6, 6.07) is 4.02. The number of hydrogen-bond acceptors (Lipinski definition) is 3. The van der Waals surface area contributed by atoms with Gasteiger partial charge in [0.1, 0.15) is 0 Å². The third-order valence-electron chi connectivity index (χ3n) is 1.94. The van der Waals surface area contributed by atoms with E-state index in [0.29, 0.717) is 12.5 Å². The minimum atomic E-state index is 0.574. The highest BCUT2D eigenvalue weighted by Gasteiger charge is 1.91. The maximum absolute atomic E-state index is 5.48. The summed E-state index contributed by atoms with van der Waals surface area (Å²) in [4.78, 5) is 3.96. The molecule has 1 N–H and O–H groups in total. The Hall–Kier alpha value is -0.640. The van der Waals surface area contributed by atoms with E-state index in [1.807, 2.05) is 12.1 Å². The molecule has 0 unspecified atom stereocenters. The highest BCUT2D eigenvalue weighted by atomic mass is 35.5. The van der Waals surface area contributed by atoms with Crippen LogP contribution in [-0.2, 0) is 11.3 Å². The molecular formula is C11H17ClN2O. The molecule has 0 spiro atoms. The third kappa shape index (κ3) is 6.44. The summed E-state index contributed by atoms with van der Waals surface area (Å²) in [7, 11) is 0. The Morgan fingerprint density at radius 2 is 2.07 bits per heavy atom. The van der Waals surface area contributed by atoms with Crippen molar-refractivity contribution >= 4 is 11.6 Å². The number of nitrogens with one attached hydrogen (secondary N) is 1. The second-order valence-corrected chi connectivity index (χ2v) is 3.57. The monoisotopic (exact) mass is 228 g/mol. The number of nitrogens with zero attached hydrogens (tertiary/aromatic N) is 1. The lowest BCUT2D eigenvalue weighted by atomic mass is 10.3. The Morgan fingerprint density at radius 3 is 2.80 bits per heavy atom. The highest BCUT2D eigenvalue weighted by molar-refractivity contribution is 6.17. The van der Waals surface area contributed by atoms with Gasteiger partial charge in [-0.25, -0.2) is 0 Å². The van der Waals surface area contributed by atoms with Gasteiger partial charge >= 0.3 is 0 Å². The Bertz CT molecular complexity index is 244. The number of pyridine rings is 1. The predicted molar refractivity (Wildman–Crippen MR) is 62.1 cm³/mol. The van der Waals surface area contributed by atoms with Gasteiger partial charge in [-0.15, -0.1) is 11.6 Å². The van der Waals surface area contributed by atoms with Crippen LogP contribution in [0.2, 0.25) is 0 Å². The standard InChI is InChI=1S/C11H17ClN2O/c12-4-9-15-8-1-5-14-10-11-2-6-13-7-3-11/h2-3,6-7,14H,1,4-5,8-10H2. The lowest BCUT2D eigenvalue weighted by Gasteiger charge is -2.04. The van der Waals surface area contributed by atoms with E-state index in [9.17, 15) is 0 Å². The number of alkyl halides is 1. The van der Waals surface area contributed by atoms with Crippen LogP contribution in [0.15, 0.2) is 24.5 Å². The van der Waals surface area contributed by atoms with Crippen LogP contribution in [0.25, 0.3) is 0 Å². The normalized spacial score (nSPS) is 10.5. The smallest absolute Gasteiger partial charge is 0.0601 e. The fourth-order valence-electron chi connectivity index (χ4n) is 1.19. The molecule has 0 aliphatic carbocycles. The summed E-state index contributed by atoms with van der Waals surface area (Å²) < 4.78 is 5.25. The summed E-state index contributed by atoms with van der Waals surface area (Å²) in [5.41, 5.74) is 1.26.